The van der Waals surface area contributed by atoms with Crippen LogP contribution in [0.1, 0.15) is 12.6 Å². The van der Waals surface area contributed by atoms with E-state index in [9.17, 15) is 0 Å². The lowest BCUT2D eigenvalue weighted by Gasteiger charge is -2.19. The number of imidazole rings is 1. The largest absolute Gasteiger partial charge is 0.395 e. The van der Waals surface area contributed by atoms with Gasteiger partial charge in [-0.1, -0.05) is 6.08 Å². The van der Waals surface area contributed by atoms with Crippen LogP contribution in [0.5, 0.6) is 0 Å². The number of nitrogens with zero attached hydrogens (tertiary/aromatic N) is 3. The third kappa shape index (κ3) is 3.49. The topological polar surface area (TPSA) is 41.3 Å². The zero-order valence-corrected chi connectivity index (χ0v) is 9.26. The van der Waals surface area contributed by atoms with Gasteiger partial charge in [-0.15, -0.1) is 6.58 Å². The molecule has 4 nitrogen and oxygen atoms in total. The Morgan fingerprint density at radius 3 is 3.07 bits per heavy atom. The van der Waals surface area contributed by atoms with E-state index in [2.05, 4.69) is 28.0 Å². The highest BCUT2D eigenvalue weighted by atomic mass is 16.3. The van der Waals surface area contributed by atoms with E-state index in [0.717, 1.165) is 19.6 Å². The number of hydrogen-bond donors (Lipinski definition) is 1. The van der Waals surface area contributed by atoms with Crippen molar-refractivity contribution in [2.24, 2.45) is 0 Å². The molecule has 0 atom stereocenters. The van der Waals surface area contributed by atoms with Gasteiger partial charge in [-0.25, -0.2) is 4.98 Å². The van der Waals surface area contributed by atoms with Crippen molar-refractivity contribution in [3.8, 4) is 0 Å². The predicted octanol–water partition coefficient (Wildman–Crippen LogP) is 0.883. The monoisotopic (exact) mass is 209 g/mol. The van der Waals surface area contributed by atoms with Crippen LogP contribution in [-0.4, -0.2) is 39.3 Å². The van der Waals surface area contributed by atoms with Crippen LogP contribution >= 0.6 is 0 Å². The summed E-state index contributed by atoms with van der Waals surface area (Å²) in [6.45, 7) is 9.16. The number of aromatic nitrogens is 2. The normalized spacial score (nSPS) is 10.9. The van der Waals surface area contributed by atoms with E-state index >= 15 is 0 Å². The Bertz CT molecular complexity index is 296. The van der Waals surface area contributed by atoms with Gasteiger partial charge in [-0.3, -0.25) is 4.90 Å². The SMILES string of the molecule is C=CCN(CCO)Cc1cncn1CC. The fraction of sp³-hybridized carbons (Fsp3) is 0.545. The summed E-state index contributed by atoms with van der Waals surface area (Å²) >= 11 is 0. The summed E-state index contributed by atoms with van der Waals surface area (Å²) < 4.78 is 2.10. The number of aryl methyl sites for hydroxylation is 1. The Morgan fingerprint density at radius 2 is 2.47 bits per heavy atom. The fourth-order valence-electron chi connectivity index (χ4n) is 1.55. The summed E-state index contributed by atoms with van der Waals surface area (Å²) in [6, 6.07) is 0. The predicted molar refractivity (Wildman–Crippen MR) is 60.5 cm³/mol. The third-order valence-electron chi connectivity index (χ3n) is 2.33. The van der Waals surface area contributed by atoms with Gasteiger partial charge in [0.1, 0.15) is 0 Å². The molecule has 0 bridgehead atoms. The van der Waals surface area contributed by atoms with Crippen molar-refractivity contribution in [3.05, 3.63) is 30.9 Å². The van der Waals surface area contributed by atoms with Crippen LogP contribution < -0.4 is 0 Å². The van der Waals surface area contributed by atoms with Crippen molar-refractivity contribution < 1.29 is 5.11 Å². The Labute approximate surface area is 90.9 Å². The molecule has 1 N–H and O–H groups in total. The molecule has 1 heterocycles. The van der Waals surface area contributed by atoms with Gasteiger partial charge in [0.15, 0.2) is 0 Å². The van der Waals surface area contributed by atoms with Crippen LogP contribution in [0.2, 0.25) is 0 Å². The minimum atomic E-state index is 0.175. The quantitative estimate of drug-likeness (QED) is 0.678. The summed E-state index contributed by atoms with van der Waals surface area (Å²) in [5.41, 5.74) is 1.17. The summed E-state index contributed by atoms with van der Waals surface area (Å²) in [5, 5.41) is 8.92. The second-order valence-electron chi connectivity index (χ2n) is 3.42. The molecule has 4 heteroatoms. The summed E-state index contributed by atoms with van der Waals surface area (Å²) in [6.07, 6.45) is 5.56. The van der Waals surface area contributed by atoms with Crippen LogP contribution in [0.25, 0.3) is 0 Å². The highest BCUT2D eigenvalue weighted by Crippen LogP contribution is 2.04. The van der Waals surface area contributed by atoms with Crippen LogP contribution in [0.4, 0.5) is 0 Å². The van der Waals surface area contributed by atoms with Crippen molar-refractivity contribution in [2.75, 3.05) is 19.7 Å². The van der Waals surface area contributed by atoms with Gasteiger partial charge in [0.2, 0.25) is 0 Å². The lowest BCUT2D eigenvalue weighted by atomic mass is 10.3. The maximum absolute atomic E-state index is 8.92. The van der Waals surface area contributed by atoms with Crippen LogP contribution in [0, 0.1) is 0 Å². The molecule has 0 unspecified atom stereocenters. The molecule has 0 aliphatic heterocycles. The van der Waals surface area contributed by atoms with Gasteiger partial charge in [-0.2, -0.15) is 0 Å². The Morgan fingerprint density at radius 1 is 1.67 bits per heavy atom. The van der Waals surface area contributed by atoms with E-state index in [1.165, 1.54) is 5.69 Å². The molecule has 1 aromatic heterocycles. The molecular formula is C11H19N3O. The highest BCUT2D eigenvalue weighted by molar-refractivity contribution is 4.98. The Kier molecular flexibility index (Phi) is 5.07. The molecule has 0 saturated carbocycles. The molecule has 0 saturated heterocycles. The van der Waals surface area contributed by atoms with Crippen molar-refractivity contribution in [1.29, 1.82) is 0 Å². The average Bonchev–Trinajstić information content (AvgIpc) is 2.66. The molecule has 1 aromatic rings. The first-order valence-corrected chi connectivity index (χ1v) is 5.25. The summed E-state index contributed by atoms with van der Waals surface area (Å²) in [4.78, 5) is 6.25. The maximum Gasteiger partial charge on any atom is 0.0948 e. The van der Waals surface area contributed by atoms with Crippen LogP contribution in [0.3, 0.4) is 0 Å². The first-order chi connectivity index (χ1) is 7.31. The Hall–Kier alpha value is -1.13. The van der Waals surface area contributed by atoms with Crippen molar-refractivity contribution in [3.63, 3.8) is 0 Å². The van der Waals surface area contributed by atoms with Crippen molar-refractivity contribution >= 4 is 0 Å². The van der Waals surface area contributed by atoms with Crippen LogP contribution in [0.15, 0.2) is 25.2 Å². The van der Waals surface area contributed by atoms with Gasteiger partial charge < -0.3 is 9.67 Å². The minimum absolute atomic E-state index is 0.175. The number of aliphatic hydroxyl groups is 1. The zero-order chi connectivity index (χ0) is 11.1. The molecule has 84 valence electrons. The molecule has 15 heavy (non-hydrogen) atoms. The van der Waals surface area contributed by atoms with E-state index in [-0.39, 0.29) is 6.61 Å². The second-order valence-corrected chi connectivity index (χ2v) is 3.42. The van der Waals surface area contributed by atoms with Crippen LogP contribution in [-0.2, 0) is 13.1 Å². The maximum atomic E-state index is 8.92. The number of aliphatic hydroxyl groups excluding tert-OH is 1. The molecule has 0 aliphatic carbocycles. The summed E-state index contributed by atoms with van der Waals surface area (Å²) in [5.74, 6) is 0. The standard InChI is InChI=1S/C11H19N3O/c1-3-5-13(6-7-15)9-11-8-12-10-14(11)4-2/h3,8,10,15H,1,4-7,9H2,2H3. The molecular weight excluding hydrogens is 190 g/mol. The van der Waals surface area contributed by atoms with E-state index in [0.29, 0.717) is 6.54 Å². The lowest BCUT2D eigenvalue weighted by Crippen LogP contribution is -2.27. The van der Waals surface area contributed by atoms with E-state index in [4.69, 9.17) is 5.11 Å². The van der Waals surface area contributed by atoms with E-state index in [1.807, 2.05) is 18.6 Å². The third-order valence-corrected chi connectivity index (χ3v) is 2.33. The molecule has 0 spiro atoms. The van der Waals surface area contributed by atoms with Gasteiger partial charge in [0, 0.05) is 32.4 Å². The number of rotatable bonds is 7. The molecule has 0 aromatic carbocycles. The van der Waals surface area contributed by atoms with Gasteiger partial charge in [0.25, 0.3) is 0 Å². The lowest BCUT2D eigenvalue weighted by molar-refractivity contribution is 0.200. The van der Waals surface area contributed by atoms with Gasteiger partial charge in [0.05, 0.1) is 18.6 Å². The van der Waals surface area contributed by atoms with E-state index in [1.54, 1.807) is 0 Å². The van der Waals surface area contributed by atoms with Crippen molar-refractivity contribution in [2.45, 2.75) is 20.0 Å². The van der Waals surface area contributed by atoms with Gasteiger partial charge >= 0.3 is 0 Å². The average molecular weight is 209 g/mol. The molecule has 0 fully saturated rings. The Balaban J connectivity index is 2.60. The molecule has 0 aliphatic rings. The summed E-state index contributed by atoms with van der Waals surface area (Å²) in [7, 11) is 0. The molecule has 0 radical (unpaired) electrons. The molecule has 0 amide bonds. The van der Waals surface area contributed by atoms with E-state index < -0.39 is 0 Å². The van der Waals surface area contributed by atoms with Crippen molar-refractivity contribution in [1.82, 2.24) is 14.5 Å². The zero-order valence-electron chi connectivity index (χ0n) is 9.26. The second kappa shape index (κ2) is 6.37. The smallest absolute Gasteiger partial charge is 0.0948 e. The highest BCUT2D eigenvalue weighted by Gasteiger charge is 2.06. The number of hydrogen-bond acceptors (Lipinski definition) is 3. The van der Waals surface area contributed by atoms with Gasteiger partial charge in [-0.05, 0) is 6.92 Å². The first-order valence-electron chi connectivity index (χ1n) is 5.25. The first kappa shape index (κ1) is 11.9. The minimum Gasteiger partial charge on any atom is -0.395 e. The molecule has 1 rings (SSSR count). The fourth-order valence-corrected chi connectivity index (χ4v) is 1.55.